The smallest absolute Gasteiger partial charge is 0.407 e. The van der Waals surface area contributed by atoms with Crippen LogP contribution in [0.15, 0.2) is 42.6 Å². The van der Waals surface area contributed by atoms with Gasteiger partial charge in [0.2, 0.25) is 0 Å². The fourth-order valence-electron chi connectivity index (χ4n) is 2.21. The number of benzene rings is 1. The standard InChI is InChI=1S/C18H23N3O4/c1-12-15(19)9-14(10-21-12)17(23)16(22)7-8-20-18(24)25-11-13-5-3-2-4-6-13/h2-6,9-10,16-17,22-23H,7-8,11,19H2,1H3,(H,20,24). The number of nitrogens with zero attached hydrogens (tertiary/aromatic N) is 1. The number of aliphatic hydroxyl groups is 2. The number of nitrogens with one attached hydrogen (secondary N) is 1. The largest absolute Gasteiger partial charge is 0.445 e. The van der Waals surface area contributed by atoms with Crippen LogP contribution in [0.3, 0.4) is 0 Å². The number of rotatable bonds is 7. The minimum absolute atomic E-state index is 0.162. The summed E-state index contributed by atoms with van der Waals surface area (Å²) in [5, 5.41) is 22.7. The number of hydrogen-bond acceptors (Lipinski definition) is 6. The number of ether oxygens (including phenoxy) is 1. The first kappa shape index (κ1) is 18.7. The Morgan fingerprint density at radius 2 is 2.04 bits per heavy atom. The molecule has 2 rings (SSSR count). The fraction of sp³-hybridized carbons (Fsp3) is 0.333. The number of alkyl carbamates (subject to hydrolysis) is 1. The van der Waals surface area contributed by atoms with Crippen molar-refractivity contribution in [1.82, 2.24) is 10.3 Å². The lowest BCUT2D eigenvalue weighted by Gasteiger charge is -2.18. The minimum Gasteiger partial charge on any atom is -0.445 e. The molecule has 0 aliphatic rings. The van der Waals surface area contributed by atoms with E-state index in [-0.39, 0.29) is 19.6 Å². The van der Waals surface area contributed by atoms with Crippen molar-refractivity contribution >= 4 is 11.8 Å². The van der Waals surface area contributed by atoms with Crippen LogP contribution in [0, 0.1) is 6.92 Å². The number of anilines is 1. The van der Waals surface area contributed by atoms with Gasteiger partial charge in [-0.25, -0.2) is 4.79 Å². The van der Waals surface area contributed by atoms with E-state index in [1.807, 2.05) is 30.3 Å². The third-order valence-electron chi connectivity index (χ3n) is 3.78. The van der Waals surface area contributed by atoms with Crippen molar-refractivity contribution in [3.8, 4) is 0 Å². The van der Waals surface area contributed by atoms with Gasteiger partial charge >= 0.3 is 6.09 Å². The van der Waals surface area contributed by atoms with Crippen LogP contribution in [0.2, 0.25) is 0 Å². The van der Waals surface area contributed by atoms with Gasteiger partial charge in [0.1, 0.15) is 12.7 Å². The first-order valence-corrected chi connectivity index (χ1v) is 8.00. The van der Waals surface area contributed by atoms with E-state index in [9.17, 15) is 15.0 Å². The highest BCUT2D eigenvalue weighted by atomic mass is 16.5. The molecule has 1 amide bonds. The Balaban J connectivity index is 1.72. The highest BCUT2D eigenvalue weighted by Gasteiger charge is 2.19. The van der Waals surface area contributed by atoms with E-state index in [2.05, 4.69) is 10.3 Å². The molecule has 0 aliphatic carbocycles. The van der Waals surface area contributed by atoms with Crippen molar-refractivity contribution in [3.63, 3.8) is 0 Å². The van der Waals surface area contributed by atoms with E-state index in [1.165, 1.54) is 6.20 Å². The Labute approximate surface area is 146 Å². The van der Waals surface area contributed by atoms with Crippen LogP contribution in [0.5, 0.6) is 0 Å². The van der Waals surface area contributed by atoms with Gasteiger partial charge in [-0.15, -0.1) is 0 Å². The van der Waals surface area contributed by atoms with Crippen LogP contribution in [-0.2, 0) is 11.3 Å². The molecule has 1 aromatic carbocycles. The molecule has 0 saturated heterocycles. The molecular weight excluding hydrogens is 322 g/mol. The highest BCUT2D eigenvalue weighted by molar-refractivity contribution is 5.67. The lowest BCUT2D eigenvalue weighted by Crippen LogP contribution is -2.29. The van der Waals surface area contributed by atoms with Crippen LogP contribution in [-0.4, -0.2) is 33.9 Å². The molecule has 0 bridgehead atoms. The maximum atomic E-state index is 11.6. The number of aromatic nitrogens is 1. The SMILES string of the molecule is Cc1ncc(C(O)C(O)CCNC(=O)OCc2ccccc2)cc1N. The first-order valence-electron chi connectivity index (χ1n) is 8.00. The average molecular weight is 345 g/mol. The zero-order valence-corrected chi connectivity index (χ0v) is 14.1. The Morgan fingerprint density at radius 3 is 2.72 bits per heavy atom. The molecule has 7 nitrogen and oxygen atoms in total. The normalized spacial score (nSPS) is 13.1. The maximum absolute atomic E-state index is 11.6. The van der Waals surface area contributed by atoms with Crippen molar-refractivity contribution in [2.24, 2.45) is 0 Å². The summed E-state index contributed by atoms with van der Waals surface area (Å²) < 4.78 is 5.06. The fourth-order valence-corrected chi connectivity index (χ4v) is 2.21. The summed E-state index contributed by atoms with van der Waals surface area (Å²) in [6.07, 6.45) is -1.13. The molecule has 0 spiro atoms. The van der Waals surface area contributed by atoms with Gasteiger partial charge in [-0.1, -0.05) is 30.3 Å². The van der Waals surface area contributed by atoms with E-state index >= 15 is 0 Å². The van der Waals surface area contributed by atoms with E-state index in [0.717, 1.165) is 5.56 Å². The van der Waals surface area contributed by atoms with Crippen molar-refractivity contribution in [2.75, 3.05) is 12.3 Å². The van der Waals surface area contributed by atoms with E-state index in [1.54, 1.807) is 13.0 Å². The average Bonchev–Trinajstić information content (AvgIpc) is 2.62. The molecule has 2 atom stereocenters. The number of aliphatic hydroxyl groups excluding tert-OH is 2. The summed E-state index contributed by atoms with van der Waals surface area (Å²) in [6.45, 7) is 2.10. The zero-order chi connectivity index (χ0) is 18.2. The molecule has 0 saturated carbocycles. The van der Waals surface area contributed by atoms with Gasteiger partial charge in [-0.2, -0.15) is 0 Å². The second-order valence-electron chi connectivity index (χ2n) is 5.73. The number of carbonyl (C=O) groups is 1. The number of hydrogen-bond donors (Lipinski definition) is 4. The van der Waals surface area contributed by atoms with E-state index in [4.69, 9.17) is 10.5 Å². The molecule has 25 heavy (non-hydrogen) atoms. The third-order valence-corrected chi connectivity index (χ3v) is 3.78. The summed E-state index contributed by atoms with van der Waals surface area (Å²) in [7, 11) is 0. The first-order chi connectivity index (χ1) is 12.0. The second kappa shape index (κ2) is 9.00. The Morgan fingerprint density at radius 1 is 1.32 bits per heavy atom. The number of nitrogens with two attached hydrogens (primary N) is 1. The van der Waals surface area contributed by atoms with Crippen LogP contribution in [0.1, 0.15) is 29.3 Å². The summed E-state index contributed by atoms with van der Waals surface area (Å²) in [5.74, 6) is 0. The Hall–Kier alpha value is -2.64. The highest BCUT2D eigenvalue weighted by Crippen LogP contribution is 2.21. The van der Waals surface area contributed by atoms with Gasteiger partial charge in [0.05, 0.1) is 17.5 Å². The number of aryl methyl sites for hydroxylation is 1. The predicted molar refractivity (Wildman–Crippen MR) is 93.6 cm³/mol. The topological polar surface area (TPSA) is 118 Å². The number of nitrogen functional groups attached to an aromatic ring is 1. The van der Waals surface area contributed by atoms with Crippen molar-refractivity contribution < 1.29 is 19.7 Å². The molecule has 7 heteroatoms. The van der Waals surface area contributed by atoms with Crippen LogP contribution in [0.25, 0.3) is 0 Å². The summed E-state index contributed by atoms with van der Waals surface area (Å²) in [6, 6.07) is 10.9. The lowest BCUT2D eigenvalue weighted by molar-refractivity contribution is 0.0134. The predicted octanol–water partition coefficient (Wildman–Crippen LogP) is 1.68. The number of carbonyl (C=O) groups excluding carboxylic acids is 1. The molecule has 2 unspecified atom stereocenters. The van der Waals surface area contributed by atoms with Crippen molar-refractivity contribution in [3.05, 3.63) is 59.4 Å². The number of amides is 1. The summed E-state index contributed by atoms with van der Waals surface area (Å²) in [5.41, 5.74) is 8.18. The van der Waals surface area contributed by atoms with Crippen LogP contribution in [0.4, 0.5) is 10.5 Å². The molecule has 0 aliphatic heterocycles. The molecule has 5 N–H and O–H groups in total. The Bertz CT molecular complexity index is 694. The quantitative estimate of drug-likeness (QED) is 0.606. The van der Waals surface area contributed by atoms with Gasteiger partial charge in [0.25, 0.3) is 0 Å². The monoisotopic (exact) mass is 345 g/mol. The second-order valence-corrected chi connectivity index (χ2v) is 5.73. The third kappa shape index (κ3) is 5.74. The zero-order valence-electron chi connectivity index (χ0n) is 14.1. The molecule has 134 valence electrons. The van der Waals surface area contributed by atoms with Gasteiger partial charge in [-0.3, -0.25) is 4.98 Å². The summed E-state index contributed by atoms with van der Waals surface area (Å²) in [4.78, 5) is 15.7. The molecule has 0 radical (unpaired) electrons. The Kier molecular flexibility index (Phi) is 6.73. The molecular formula is C18H23N3O4. The molecule has 0 fully saturated rings. The maximum Gasteiger partial charge on any atom is 0.407 e. The van der Waals surface area contributed by atoms with Gasteiger partial charge < -0.3 is 26.0 Å². The van der Waals surface area contributed by atoms with E-state index in [0.29, 0.717) is 16.9 Å². The molecule has 1 aromatic heterocycles. The van der Waals surface area contributed by atoms with Gasteiger partial charge in [0, 0.05) is 18.3 Å². The van der Waals surface area contributed by atoms with Crippen molar-refractivity contribution in [1.29, 1.82) is 0 Å². The lowest BCUT2D eigenvalue weighted by atomic mass is 10.0. The van der Waals surface area contributed by atoms with Crippen LogP contribution < -0.4 is 11.1 Å². The summed E-state index contributed by atoms with van der Waals surface area (Å²) >= 11 is 0. The number of pyridine rings is 1. The minimum atomic E-state index is -1.13. The van der Waals surface area contributed by atoms with E-state index < -0.39 is 18.3 Å². The van der Waals surface area contributed by atoms with Crippen LogP contribution >= 0.6 is 0 Å². The van der Waals surface area contributed by atoms with Gasteiger partial charge in [0.15, 0.2) is 0 Å². The van der Waals surface area contributed by atoms with Gasteiger partial charge in [-0.05, 0) is 25.0 Å². The van der Waals surface area contributed by atoms with Crippen molar-refractivity contribution in [2.45, 2.75) is 32.2 Å². The molecule has 2 aromatic rings. The molecule has 1 heterocycles.